The van der Waals surface area contributed by atoms with Gasteiger partial charge in [0.2, 0.25) is 0 Å². The summed E-state index contributed by atoms with van der Waals surface area (Å²) in [5, 5.41) is 0. The van der Waals surface area contributed by atoms with Crippen LogP contribution in [0.4, 0.5) is 13.2 Å². The van der Waals surface area contributed by atoms with Crippen molar-refractivity contribution in [1.29, 1.82) is 0 Å². The fraction of sp³-hybridized carbons (Fsp3) is 0.350. The first kappa shape index (κ1) is 15.4. The number of halogens is 3. The van der Waals surface area contributed by atoms with Gasteiger partial charge in [0.1, 0.15) is 0 Å². The van der Waals surface area contributed by atoms with Gasteiger partial charge in [0.15, 0.2) is 5.78 Å². The fourth-order valence-electron chi connectivity index (χ4n) is 4.20. The Kier molecular flexibility index (Phi) is 3.52. The smallest absolute Gasteiger partial charge is 0.289 e. The second-order valence-electron chi connectivity index (χ2n) is 6.72. The Hall–Kier alpha value is -2.10. The van der Waals surface area contributed by atoms with Crippen LogP contribution in [0.25, 0.3) is 0 Å². The van der Waals surface area contributed by atoms with Crippen molar-refractivity contribution in [3.05, 3.63) is 69.8 Å². The van der Waals surface area contributed by atoms with Crippen LogP contribution in [0.3, 0.4) is 0 Å². The first-order valence-corrected chi connectivity index (χ1v) is 8.29. The van der Waals surface area contributed by atoms with Crippen LogP contribution >= 0.6 is 0 Å². The molecule has 0 radical (unpaired) electrons. The van der Waals surface area contributed by atoms with Crippen molar-refractivity contribution < 1.29 is 18.0 Å². The molecule has 0 fully saturated rings. The van der Waals surface area contributed by atoms with Crippen molar-refractivity contribution in [1.82, 2.24) is 0 Å². The molecule has 0 aromatic heterocycles. The second-order valence-corrected chi connectivity index (χ2v) is 6.72. The molecular formula is C20H17F3O. The molecule has 24 heavy (non-hydrogen) atoms. The van der Waals surface area contributed by atoms with Crippen LogP contribution in [-0.4, -0.2) is 12.0 Å². The summed E-state index contributed by atoms with van der Waals surface area (Å²) >= 11 is 0. The highest BCUT2D eigenvalue weighted by Gasteiger charge is 2.38. The highest BCUT2D eigenvalue weighted by molar-refractivity contribution is 6.13. The number of hydrogen-bond acceptors (Lipinski definition) is 1. The molecule has 4 heteroatoms. The molecule has 1 aromatic rings. The minimum Gasteiger partial charge on any atom is -0.289 e. The average molecular weight is 330 g/mol. The molecule has 0 spiro atoms. The molecule has 0 saturated heterocycles. The van der Waals surface area contributed by atoms with Gasteiger partial charge in [0.25, 0.3) is 0 Å². The number of Topliss-reactive ketones (excluding diaryl/α,β-unsaturated/α-hetero) is 1. The number of alkyl halides is 3. The second kappa shape index (κ2) is 5.47. The minimum absolute atomic E-state index is 0.147. The molecule has 0 aliphatic heterocycles. The summed E-state index contributed by atoms with van der Waals surface area (Å²) in [6.07, 6.45) is 1.62. The molecule has 4 rings (SSSR count). The highest BCUT2D eigenvalue weighted by atomic mass is 19.4. The molecule has 1 aromatic carbocycles. The fourth-order valence-corrected chi connectivity index (χ4v) is 4.20. The summed E-state index contributed by atoms with van der Waals surface area (Å²) in [4.78, 5) is 13.0. The summed E-state index contributed by atoms with van der Waals surface area (Å²) in [7, 11) is 0. The maximum atomic E-state index is 13.3. The van der Waals surface area contributed by atoms with Crippen LogP contribution in [0, 0.1) is 5.92 Å². The molecule has 0 heterocycles. The predicted octanol–water partition coefficient (Wildman–Crippen LogP) is 5.34. The summed E-state index contributed by atoms with van der Waals surface area (Å²) in [5.74, 6) is -0.117. The van der Waals surface area contributed by atoms with Gasteiger partial charge in [-0.1, -0.05) is 35.9 Å². The van der Waals surface area contributed by atoms with Crippen LogP contribution in [0.5, 0.6) is 0 Å². The Morgan fingerprint density at radius 1 is 1.12 bits per heavy atom. The summed E-state index contributed by atoms with van der Waals surface area (Å²) < 4.78 is 39.9. The number of carbonyl (C=O) groups excluding carboxylic acids is 1. The van der Waals surface area contributed by atoms with Crippen molar-refractivity contribution in [3.8, 4) is 0 Å². The van der Waals surface area contributed by atoms with Crippen molar-refractivity contribution in [3.63, 3.8) is 0 Å². The van der Waals surface area contributed by atoms with E-state index in [2.05, 4.69) is 0 Å². The average Bonchev–Trinajstić information content (AvgIpc) is 2.81. The van der Waals surface area contributed by atoms with E-state index in [1.165, 1.54) is 6.08 Å². The molecule has 0 saturated carbocycles. The number of allylic oxidation sites excluding steroid dienone is 6. The zero-order valence-electron chi connectivity index (χ0n) is 13.1. The van der Waals surface area contributed by atoms with Crippen LogP contribution in [0.15, 0.2) is 58.7 Å². The zero-order chi connectivity index (χ0) is 16.9. The van der Waals surface area contributed by atoms with Gasteiger partial charge >= 0.3 is 6.18 Å². The lowest BCUT2D eigenvalue weighted by Gasteiger charge is -2.27. The molecule has 0 bridgehead atoms. The van der Waals surface area contributed by atoms with E-state index in [0.717, 1.165) is 48.5 Å². The predicted molar refractivity (Wildman–Crippen MR) is 85.7 cm³/mol. The van der Waals surface area contributed by atoms with Crippen molar-refractivity contribution >= 4 is 5.78 Å². The maximum absolute atomic E-state index is 13.3. The molecule has 1 atom stereocenters. The molecule has 3 aliphatic rings. The number of fused-ring (bicyclic) bond motifs is 1. The Labute approximate surface area is 138 Å². The van der Waals surface area contributed by atoms with E-state index in [4.69, 9.17) is 0 Å². The van der Waals surface area contributed by atoms with E-state index in [9.17, 15) is 18.0 Å². The third-order valence-corrected chi connectivity index (χ3v) is 5.28. The third kappa shape index (κ3) is 2.45. The lowest BCUT2D eigenvalue weighted by molar-refractivity contribution is -0.0884. The minimum atomic E-state index is -4.43. The zero-order valence-corrected chi connectivity index (χ0v) is 13.1. The summed E-state index contributed by atoms with van der Waals surface area (Å²) in [5.41, 5.74) is 2.97. The van der Waals surface area contributed by atoms with E-state index in [0.29, 0.717) is 12.0 Å². The normalized spacial score (nSPS) is 23.6. The van der Waals surface area contributed by atoms with E-state index in [-0.39, 0.29) is 17.3 Å². The van der Waals surface area contributed by atoms with Gasteiger partial charge < -0.3 is 0 Å². The van der Waals surface area contributed by atoms with Gasteiger partial charge in [0, 0.05) is 11.1 Å². The highest BCUT2D eigenvalue weighted by Crippen LogP contribution is 2.45. The molecule has 1 nitrogen and oxygen atoms in total. The standard InChI is InChI=1S/C20H17F3O/c21-20(22,23)15-9-8-12-5-3-6-14-10-13-4-1-2-7-16(13)19(24)17(11-15)18(12)14/h1-2,4,7,9,11,14H,3,5-6,8,10H2. The molecule has 3 aliphatic carbocycles. The van der Waals surface area contributed by atoms with Crippen LogP contribution in [0.2, 0.25) is 0 Å². The third-order valence-electron chi connectivity index (χ3n) is 5.28. The molecule has 0 amide bonds. The number of carbonyl (C=O) groups is 1. The number of hydrogen-bond donors (Lipinski definition) is 0. The van der Waals surface area contributed by atoms with Gasteiger partial charge in [-0.15, -0.1) is 0 Å². The van der Waals surface area contributed by atoms with Crippen molar-refractivity contribution in [2.45, 2.75) is 38.3 Å². The Morgan fingerprint density at radius 3 is 2.71 bits per heavy atom. The molecule has 124 valence electrons. The Bertz CT molecular complexity index is 808. The van der Waals surface area contributed by atoms with Crippen molar-refractivity contribution in [2.75, 3.05) is 0 Å². The molecule has 1 unspecified atom stereocenters. The first-order chi connectivity index (χ1) is 11.4. The number of ketones is 1. The Morgan fingerprint density at radius 2 is 1.92 bits per heavy atom. The monoisotopic (exact) mass is 330 g/mol. The Balaban J connectivity index is 1.95. The van der Waals surface area contributed by atoms with Gasteiger partial charge in [-0.05, 0) is 55.2 Å². The van der Waals surface area contributed by atoms with E-state index in [1.807, 2.05) is 12.1 Å². The lowest BCUT2D eigenvalue weighted by Crippen LogP contribution is -2.17. The quantitative estimate of drug-likeness (QED) is 0.627. The van der Waals surface area contributed by atoms with E-state index < -0.39 is 11.7 Å². The van der Waals surface area contributed by atoms with Crippen LogP contribution < -0.4 is 0 Å². The first-order valence-electron chi connectivity index (χ1n) is 8.29. The van der Waals surface area contributed by atoms with Gasteiger partial charge in [-0.2, -0.15) is 13.2 Å². The van der Waals surface area contributed by atoms with Crippen LogP contribution in [0.1, 0.15) is 41.6 Å². The van der Waals surface area contributed by atoms with Crippen LogP contribution in [-0.2, 0) is 6.42 Å². The SMILES string of the molecule is O=C1C2=CC(C(F)(F)F)=CCC3=C2C(CCC3)Cc2ccccc21. The number of benzene rings is 1. The van der Waals surface area contributed by atoms with E-state index >= 15 is 0 Å². The lowest BCUT2D eigenvalue weighted by atomic mass is 9.77. The topological polar surface area (TPSA) is 17.1 Å². The number of rotatable bonds is 0. The van der Waals surface area contributed by atoms with Crippen molar-refractivity contribution in [2.24, 2.45) is 5.92 Å². The largest absolute Gasteiger partial charge is 0.416 e. The molecular weight excluding hydrogens is 313 g/mol. The summed E-state index contributed by atoms with van der Waals surface area (Å²) in [6.45, 7) is 0. The van der Waals surface area contributed by atoms with Gasteiger partial charge in [-0.3, -0.25) is 4.79 Å². The van der Waals surface area contributed by atoms with Gasteiger partial charge in [-0.25, -0.2) is 0 Å². The van der Waals surface area contributed by atoms with Gasteiger partial charge in [0.05, 0.1) is 5.57 Å². The van der Waals surface area contributed by atoms with E-state index in [1.54, 1.807) is 12.1 Å². The summed E-state index contributed by atoms with van der Waals surface area (Å²) in [6, 6.07) is 7.33. The maximum Gasteiger partial charge on any atom is 0.416 e. The molecule has 0 N–H and O–H groups in total.